The molecule has 4 nitrogen and oxygen atoms in total. The quantitative estimate of drug-likeness (QED) is 0.0959. The van der Waals surface area contributed by atoms with Crippen molar-refractivity contribution >= 4 is 77.7 Å². The summed E-state index contributed by atoms with van der Waals surface area (Å²) < 4.78 is 4.75. The van der Waals surface area contributed by atoms with Crippen molar-refractivity contribution in [3.05, 3.63) is 554 Å². The Kier molecular flexibility index (Phi) is 18.7. The largest absolute Gasteiger partial charge is 0.310 e. The minimum Gasteiger partial charge on any atom is -0.310 e. The Morgan fingerprint density at radius 1 is 0.151 bits per heavy atom. The standard InChI is InChI=1S/2C61H42N2/c2*1-5-17-43(18-6-1)44-29-34-50(35-30-44)62(51-36-31-45(32-37-51)46-33-40-60-56(41-46)55-26-14-16-28-59(55)63(60)49-23-11-4-12-24-49)52-38-39-54-53-25-13-15-27-57(53)61(58(54)42-52,47-19-7-2-8-20-47)48-21-9-3-10-22-48/h2*1-42H. The van der Waals surface area contributed by atoms with Crippen molar-refractivity contribution in [2.75, 3.05) is 9.80 Å². The summed E-state index contributed by atoms with van der Waals surface area (Å²) in [6.45, 7) is 0. The molecule has 0 spiro atoms. The fraction of sp³-hybridized carbons (Fsp3) is 0.0164. The molecule has 2 heterocycles. The van der Waals surface area contributed by atoms with Crippen LogP contribution in [0.25, 0.3) is 122 Å². The first kappa shape index (κ1) is 74.6. The van der Waals surface area contributed by atoms with Gasteiger partial charge in [0.05, 0.1) is 32.9 Å². The monoisotopic (exact) mass is 1600 g/mol. The van der Waals surface area contributed by atoms with E-state index >= 15 is 0 Å². The molecule has 0 atom stereocenters. The highest BCUT2D eigenvalue weighted by Crippen LogP contribution is 2.60. The van der Waals surface area contributed by atoms with Crippen molar-refractivity contribution in [2.45, 2.75) is 10.8 Å². The first-order chi connectivity index (χ1) is 62.5. The summed E-state index contributed by atoms with van der Waals surface area (Å²) in [4.78, 5) is 4.83. The van der Waals surface area contributed by atoms with Crippen LogP contribution in [0.5, 0.6) is 0 Å². The van der Waals surface area contributed by atoms with Crippen LogP contribution in [0.4, 0.5) is 34.1 Å². The van der Waals surface area contributed by atoms with E-state index < -0.39 is 10.8 Å². The summed E-state index contributed by atoms with van der Waals surface area (Å²) in [6.07, 6.45) is 0. The number of rotatable bonds is 16. The minimum atomic E-state index is -0.501. The Labute approximate surface area is 734 Å². The van der Waals surface area contributed by atoms with E-state index in [2.05, 4.69) is 529 Å². The minimum absolute atomic E-state index is 0.501. The van der Waals surface area contributed by atoms with E-state index in [1.54, 1.807) is 0 Å². The summed E-state index contributed by atoms with van der Waals surface area (Å²) in [5.41, 5.74) is 37.5. The molecule has 0 unspecified atom stereocenters. The smallest absolute Gasteiger partial charge is 0.0714 e. The highest BCUT2D eigenvalue weighted by molar-refractivity contribution is 6.12. The van der Waals surface area contributed by atoms with Gasteiger partial charge in [-0.2, -0.15) is 0 Å². The molecule has 24 rings (SSSR count). The van der Waals surface area contributed by atoms with Crippen LogP contribution >= 0.6 is 0 Å². The Bertz CT molecular complexity index is 7200. The van der Waals surface area contributed by atoms with Gasteiger partial charge in [0.25, 0.3) is 0 Å². The van der Waals surface area contributed by atoms with Crippen LogP contribution in [-0.4, -0.2) is 9.13 Å². The number of hydrogen-bond acceptors (Lipinski definition) is 2. The molecule has 0 saturated heterocycles. The van der Waals surface area contributed by atoms with Crippen molar-refractivity contribution in [2.24, 2.45) is 0 Å². The van der Waals surface area contributed by atoms with Gasteiger partial charge in [-0.3, -0.25) is 0 Å². The van der Waals surface area contributed by atoms with Crippen molar-refractivity contribution in [1.29, 1.82) is 0 Å². The van der Waals surface area contributed by atoms with E-state index in [0.29, 0.717) is 0 Å². The van der Waals surface area contributed by atoms with Gasteiger partial charge >= 0.3 is 0 Å². The summed E-state index contributed by atoms with van der Waals surface area (Å²) >= 11 is 0. The maximum absolute atomic E-state index is 2.45. The van der Waals surface area contributed by atoms with Crippen molar-refractivity contribution in [3.8, 4) is 78.1 Å². The van der Waals surface area contributed by atoms with Crippen molar-refractivity contribution < 1.29 is 0 Å². The average molecular weight is 1610 g/mol. The van der Waals surface area contributed by atoms with Crippen LogP contribution in [0.15, 0.2) is 510 Å². The molecule has 0 fully saturated rings. The first-order valence-corrected chi connectivity index (χ1v) is 43.5. The molecule has 126 heavy (non-hydrogen) atoms. The van der Waals surface area contributed by atoms with E-state index in [4.69, 9.17) is 0 Å². The first-order valence-electron chi connectivity index (χ1n) is 43.5. The normalized spacial score (nSPS) is 12.6. The Hall–Kier alpha value is -16.4. The summed E-state index contributed by atoms with van der Waals surface area (Å²) in [5, 5.41) is 4.99. The fourth-order valence-corrected chi connectivity index (χ4v) is 20.5. The van der Waals surface area contributed by atoms with Gasteiger partial charge in [0.1, 0.15) is 0 Å². The van der Waals surface area contributed by atoms with Gasteiger partial charge in [0.15, 0.2) is 0 Å². The van der Waals surface area contributed by atoms with Crippen LogP contribution in [0, 0.1) is 0 Å². The number of fused-ring (bicyclic) bond motifs is 12. The van der Waals surface area contributed by atoms with Gasteiger partial charge < -0.3 is 18.9 Å². The zero-order chi connectivity index (χ0) is 83.5. The van der Waals surface area contributed by atoms with E-state index in [0.717, 1.165) is 45.5 Å². The third-order valence-corrected chi connectivity index (χ3v) is 26.2. The molecule has 0 bridgehead atoms. The Balaban J connectivity index is 0.000000145. The van der Waals surface area contributed by atoms with Crippen molar-refractivity contribution in [1.82, 2.24) is 9.13 Å². The summed E-state index contributed by atoms with van der Waals surface area (Å²) in [5.74, 6) is 0. The van der Waals surface area contributed by atoms with E-state index in [1.165, 1.54) is 155 Å². The summed E-state index contributed by atoms with van der Waals surface area (Å²) in [6, 6.07) is 186. The molecule has 0 amide bonds. The second-order valence-electron chi connectivity index (χ2n) is 32.9. The van der Waals surface area contributed by atoms with Gasteiger partial charge in [-0.1, -0.05) is 376 Å². The number of nitrogens with zero attached hydrogens (tertiary/aromatic N) is 4. The lowest BCUT2D eigenvalue weighted by Gasteiger charge is -2.35. The van der Waals surface area contributed by atoms with Crippen LogP contribution in [0.3, 0.4) is 0 Å². The second kappa shape index (κ2) is 31.6. The van der Waals surface area contributed by atoms with E-state index in [9.17, 15) is 0 Å². The lowest BCUT2D eigenvalue weighted by molar-refractivity contribution is 0.768. The van der Waals surface area contributed by atoms with E-state index in [-0.39, 0.29) is 0 Å². The zero-order valence-corrected chi connectivity index (χ0v) is 69.3. The third kappa shape index (κ3) is 12.6. The molecular formula is C122H84N4. The summed E-state index contributed by atoms with van der Waals surface area (Å²) in [7, 11) is 0. The Morgan fingerprint density at radius 2 is 0.389 bits per heavy atom. The molecule has 2 aliphatic carbocycles. The maximum Gasteiger partial charge on any atom is 0.0714 e. The SMILES string of the molecule is c1ccc(-c2ccc(N(c3ccc(-c4ccc5c(c4)c4ccccc4n5-c4ccccc4)cc3)c3ccc4c(c3)C(c3ccccc3)(c3ccccc3)c3ccccc3-4)cc2)cc1.c1ccc(-c2ccc(N(c3ccc(-c4ccc5c(c4)c4ccccc4n5-c4ccccc4)cc3)c3ccc4c(c3)C(c3ccccc3)(c3ccccc3)c3ccccc3-4)cc2)cc1. The molecular weight excluding hydrogens is 1520 g/mol. The highest BCUT2D eigenvalue weighted by Gasteiger charge is 2.48. The van der Waals surface area contributed by atoms with Gasteiger partial charge in [0.2, 0.25) is 0 Å². The molecule has 0 radical (unpaired) electrons. The number of aromatic nitrogens is 2. The lowest BCUT2D eigenvalue weighted by Crippen LogP contribution is -2.28. The molecule has 592 valence electrons. The van der Waals surface area contributed by atoms with Gasteiger partial charge in [0, 0.05) is 67.0 Å². The highest BCUT2D eigenvalue weighted by atomic mass is 15.1. The topological polar surface area (TPSA) is 16.3 Å². The Morgan fingerprint density at radius 3 is 0.722 bits per heavy atom. The van der Waals surface area contributed by atoms with Crippen molar-refractivity contribution in [3.63, 3.8) is 0 Å². The van der Waals surface area contributed by atoms with Crippen LogP contribution in [0.2, 0.25) is 0 Å². The molecule has 4 heteroatoms. The fourth-order valence-electron chi connectivity index (χ4n) is 20.5. The van der Waals surface area contributed by atoms with Crippen LogP contribution in [0.1, 0.15) is 44.5 Å². The maximum atomic E-state index is 2.45. The van der Waals surface area contributed by atoms with E-state index in [1.807, 2.05) is 0 Å². The van der Waals surface area contributed by atoms with Gasteiger partial charge in [-0.25, -0.2) is 0 Å². The molecule has 0 aliphatic heterocycles. The third-order valence-electron chi connectivity index (χ3n) is 26.2. The molecule has 2 aliphatic rings. The number of benzene rings is 20. The molecule has 22 aromatic rings. The number of para-hydroxylation sites is 4. The number of hydrogen-bond donors (Lipinski definition) is 0. The number of anilines is 6. The zero-order valence-electron chi connectivity index (χ0n) is 69.3. The van der Waals surface area contributed by atoms with Crippen LogP contribution in [-0.2, 0) is 10.8 Å². The van der Waals surface area contributed by atoms with Crippen LogP contribution < -0.4 is 9.80 Å². The molecule has 2 aromatic heterocycles. The van der Waals surface area contributed by atoms with Gasteiger partial charge in [-0.15, -0.1) is 0 Å². The average Bonchev–Trinajstić information content (AvgIpc) is 1.53. The predicted molar refractivity (Wildman–Crippen MR) is 527 cm³/mol. The lowest BCUT2D eigenvalue weighted by atomic mass is 9.67. The molecule has 0 N–H and O–H groups in total. The second-order valence-corrected chi connectivity index (χ2v) is 32.9. The van der Waals surface area contributed by atoms with Gasteiger partial charge in [-0.05, 0) is 245 Å². The molecule has 20 aromatic carbocycles. The predicted octanol–water partition coefficient (Wildman–Crippen LogP) is 31.9. The molecule has 0 saturated carbocycles.